The Morgan fingerprint density at radius 2 is 2.12 bits per heavy atom. The zero-order valence-electron chi connectivity index (χ0n) is 10.2. The quantitative estimate of drug-likeness (QED) is 0.809. The van der Waals surface area contributed by atoms with Crippen LogP contribution in [-0.4, -0.2) is 22.1 Å². The number of aryl methyl sites for hydroxylation is 2. The second-order valence-electron chi connectivity index (χ2n) is 4.95. The molecule has 0 amide bonds. The lowest BCUT2D eigenvalue weighted by molar-refractivity contribution is 0.457. The van der Waals surface area contributed by atoms with Gasteiger partial charge in [-0.2, -0.15) is 0 Å². The van der Waals surface area contributed by atoms with Crippen molar-refractivity contribution < 1.29 is 0 Å². The summed E-state index contributed by atoms with van der Waals surface area (Å²) in [6, 6.07) is 0. The van der Waals surface area contributed by atoms with Crippen molar-refractivity contribution in [3.8, 4) is 0 Å². The molecule has 2 rings (SSSR count). The van der Waals surface area contributed by atoms with Crippen LogP contribution in [-0.2, 0) is 0 Å². The van der Waals surface area contributed by atoms with Gasteiger partial charge in [0, 0.05) is 6.54 Å². The highest BCUT2D eigenvalue weighted by Crippen LogP contribution is 2.40. The van der Waals surface area contributed by atoms with Crippen molar-refractivity contribution in [1.82, 2.24) is 9.97 Å². The topological polar surface area (TPSA) is 63.8 Å². The van der Waals surface area contributed by atoms with Gasteiger partial charge >= 0.3 is 0 Å². The van der Waals surface area contributed by atoms with Crippen LogP contribution >= 0.6 is 0 Å². The van der Waals surface area contributed by atoms with Crippen LogP contribution in [0.25, 0.3) is 0 Å². The zero-order chi connectivity index (χ0) is 11.8. The summed E-state index contributed by atoms with van der Waals surface area (Å²) < 4.78 is 0. The third kappa shape index (κ3) is 2.16. The number of hydrogen-bond donors (Lipinski definition) is 2. The maximum atomic E-state index is 5.85. The van der Waals surface area contributed by atoms with E-state index in [1.165, 1.54) is 12.8 Å². The molecule has 1 aromatic rings. The van der Waals surface area contributed by atoms with E-state index in [1.807, 2.05) is 13.8 Å². The van der Waals surface area contributed by atoms with E-state index in [0.29, 0.717) is 12.5 Å². The van der Waals surface area contributed by atoms with E-state index in [9.17, 15) is 0 Å². The molecule has 1 aliphatic carbocycles. The largest absolute Gasteiger partial charge is 0.362 e. The average Bonchev–Trinajstić information content (AvgIpc) is 3.07. The van der Waals surface area contributed by atoms with Crippen molar-refractivity contribution in [3.63, 3.8) is 0 Å². The molecule has 0 saturated heterocycles. The van der Waals surface area contributed by atoms with Gasteiger partial charge in [-0.25, -0.2) is 4.98 Å². The summed E-state index contributed by atoms with van der Waals surface area (Å²) in [5.41, 5.74) is 7.77. The van der Waals surface area contributed by atoms with Crippen molar-refractivity contribution in [2.45, 2.75) is 39.2 Å². The van der Waals surface area contributed by atoms with Crippen molar-refractivity contribution >= 4 is 5.82 Å². The van der Waals surface area contributed by atoms with E-state index in [-0.39, 0.29) is 5.54 Å². The number of anilines is 1. The smallest absolute Gasteiger partial charge is 0.145 e. The van der Waals surface area contributed by atoms with Crippen LogP contribution in [0.2, 0.25) is 0 Å². The van der Waals surface area contributed by atoms with Gasteiger partial charge in [0.2, 0.25) is 0 Å². The Morgan fingerprint density at radius 3 is 2.62 bits per heavy atom. The molecule has 88 valence electrons. The Balaban J connectivity index is 2.15. The minimum atomic E-state index is -0.0314. The van der Waals surface area contributed by atoms with E-state index >= 15 is 0 Å². The van der Waals surface area contributed by atoms with Crippen LogP contribution in [0.4, 0.5) is 5.82 Å². The first kappa shape index (κ1) is 11.3. The fraction of sp³-hybridized carbons (Fsp3) is 0.667. The van der Waals surface area contributed by atoms with Crippen LogP contribution in [0.15, 0.2) is 6.20 Å². The first-order chi connectivity index (χ1) is 7.55. The van der Waals surface area contributed by atoms with Gasteiger partial charge in [0.15, 0.2) is 0 Å². The Morgan fingerprint density at radius 1 is 1.44 bits per heavy atom. The van der Waals surface area contributed by atoms with Gasteiger partial charge in [-0.1, -0.05) is 0 Å². The predicted octanol–water partition coefficient (Wildman–Crippen LogP) is 1.63. The molecule has 1 fully saturated rings. The molecule has 0 radical (unpaired) electrons. The van der Waals surface area contributed by atoms with E-state index in [0.717, 1.165) is 17.2 Å². The predicted molar refractivity (Wildman–Crippen MR) is 65.3 cm³/mol. The molecule has 16 heavy (non-hydrogen) atoms. The third-order valence-corrected chi connectivity index (χ3v) is 3.51. The van der Waals surface area contributed by atoms with E-state index in [4.69, 9.17) is 5.73 Å². The molecule has 1 saturated carbocycles. The zero-order valence-corrected chi connectivity index (χ0v) is 10.2. The van der Waals surface area contributed by atoms with Gasteiger partial charge in [0.25, 0.3) is 0 Å². The number of nitrogens with one attached hydrogen (secondary N) is 1. The molecule has 1 aliphatic rings. The van der Waals surface area contributed by atoms with Crippen molar-refractivity contribution in [2.75, 3.05) is 11.9 Å². The average molecular weight is 220 g/mol. The first-order valence-electron chi connectivity index (χ1n) is 5.83. The van der Waals surface area contributed by atoms with Crippen LogP contribution < -0.4 is 11.1 Å². The molecule has 0 bridgehead atoms. The molecular weight excluding hydrogens is 200 g/mol. The molecule has 1 unspecified atom stereocenters. The van der Waals surface area contributed by atoms with Gasteiger partial charge in [-0.15, -0.1) is 0 Å². The van der Waals surface area contributed by atoms with Gasteiger partial charge < -0.3 is 11.1 Å². The maximum Gasteiger partial charge on any atom is 0.145 e. The number of nitrogens with two attached hydrogens (primary N) is 1. The van der Waals surface area contributed by atoms with Crippen molar-refractivity contribution in [3.05, 3.63) is 17.6 Å². The Bertz CT molecular complexity index is 387. The lowest BCUT2D eigenvalue weighted by Gasteiger charge is -2.30. The molecule has 1 heterocycles. The van der Waals surface area contributed by atoms with E-state index in [2.05, 4.69) is 22.2 Å². The summed E-state index contributed by atoms with van der Waals surface area (Å²) in [7, 11) is 0. The third-order valence-electron chi connectivity index (χ3n) is 3.51. The van der Waals surface area contributed by atoms with Gasteiger partial charge in [-0.05, 0) is 39.5 Å². The summed E-state index contributed by atoms with van der Waals surface area (Å²) in [5.74, 6) is 1.52. The fourth-order valence-electron chi connectivity index (χ4n) is 1.93. The molecule has 4 nitrogen and oxygen atoms in total. The monoisotopic (exact) mass is 220 g/mol. The maximum absolute atomic E-state index is 5.85. The highest BCUT2D eigenvalue weighted by molar-refractivity contribution is 5.38. The normalized spacial score (nSPS) is 19.2. The standard InChI is InChI=1S/C12H20N4/c1-8-9(2)15-11(6-14-8)16-12(3,7-13)10-4-5-10/h6,10H,4-5,7,13H2,1-3H3,(H,15,16). The lowest BCUT2D eigenvalue weighted by Crippen LogP contribution is -2.45. The van der Waals surface area contributed by atoms with Crippen LogP contribution in [0.3, 0.4) is 0 Å². The minimum absolute atomic E-state index is 0.0314. The van der Waals surface area contributed by atoms with Crippen LogP contribution in [0.1, 0.15) is 31.2 Å². The Kier molecular flexibility index (Phi) is 2.84. The van der Waals surface area contributed by atoms with Gasteiger partial charge in [0.1, 0.15) is 5.82 Å². The second-order valence-corrected chi connectivity index (χ2v) is 4.95. The molecular formula is C12H20N4. The van der Waals surface area contributed by atoms with E-state index < -0.39 is 0 Å². The highest BCUT2D eigenvalue weighted by Gasteiger charge is 2.40. The number of aromatic nitrogens is 2. The van der Waals surface area contributed by atoms with E-state index in [1.54, 1.807) is 6.20 Å². The summed E-state index contributed by atoms with van der Waals surface area (Å²) in [4.78, 5) is 8.80. The van der Waals surface area contributed by atoms with Crippen molar-refractivity contribution in [1.29, 1.82) is 0 Å². The fourth-order valence-corrected chi connectivity index (χ4v) is 1.93. The molecule has 0 spiro atoms. The summed E-state index contributed by atoms with van der Waals surface area (Å²) >= 11 is 0. The first-order valence-corrected chi connectivity index (χ1v) is 5.83. The number of nitrogens with zero attached hydrogens (tertiary/aromatic N) is 2. The molecule has 0 aromatic carbocycles. The molecule has 3 N–H and O–H groups in total. The number of rotatable bonds is 4. The minimum Gasteiger partial charge on any atom is -0.362 e. The highest BCUT2D eigenvalue weighted by atomic mass is 15.1. The summed E-state index contributed by atoms with van der Waals surface area (Å²) in [5, 5.41) is 3.44. The molecule has 1 aromatic heterocycles. The molecule has 4 heteroatoms. The Labute approximate surface area is 96.7 Å². The van der Waals surface area contributed by atoms with Gasteiger partial charge in [0.05, 0.1) is 23.1 Å². The van der Waals surface area contributed by atoms with Crippen LogP contribution in [0, 0.1) is 19.8 Å². The molecule has 1 atom stereocenters. The number of hydrogen-bond acceptors (Lipinski definition) is 4. The summed E-state index contributed by atoms with van der Waals surface area (Å²) in [6.07, 6.45) is 4.32. The van der Waals surface area contributed by atoms with Crippen LogP contribution in [0.5, 0.6) is 0 Å². The SMILES string of the molecule is Cc1ncc(NC(C)(CN)C2CC2)nc1C. The van der Waals surface area contributed by atoms with Gasteiger partial charge in [-0.3, -0.25) is 4.98 Å². The lowest BCUT2D eigenvalue weighted by atomic mass is 9.96. The second kappa shape index (κ2) is 4.01. The Hall–Kier alpha value is -1.16. The van der Waals surface area contributed by atoms with Crippen molar-refractivity contribution in [2.24, 2.45) is 11.7 Å². The summed E-state index contributed by atoms with van der Waals surface area (Å²) in [6.45, 7) is 6.74. The molecule has 0 aliphatic heterocycles.